The van der Waals surface area contributed by atoms with E-state index in [-0.39, 0.29) is 11.8 Å². The summed E-state index contributed by atoms with van der Waals surface area (Å²) in [7, 11) is 6.15. The molecule has 2 amide bonds. The number of rotatable bonds is 8. The van der Waals surface area contributed by atoms with Crippen LogP contribution in [-0.2, 0) is 9.59 Å². The van der Waals surface area contributed by atoms with Crippen molar-refractivity contribution in [1.29, 1.82) is 0 Å². The summed E-state index contributed by atoms with van der Waals surface area (Å²) in [6, 6.07) is 8.70. The van der Waals surface area contributed by atoms with Gasteiger partial charge < -0.3 is 29.2 Å². The monoisotopic (exact) mass is 426 g/mol. The van der Waals surface area contributed by atoms with Gasteiger partial charge in [0.1, 0.15) is 5.75 Å². The van der Waals surface area contributed by atoms with Crippen LogP contribution in [0.2, 0.25) is 0 Å². The van der Waals surface area contributed by atoms with E-state index >= 15 is 0 Å². The van der Waals surface area contributed by atoms with Crippen molar-refractivity contribution in [2.45, 2.75) is 12.8 Å². The summed E-state index contributed by atoms with van der Waals surface area (Å²) >= 11 is 0. The van der Waals surface area contributed by atoms with Gasteiger partial charge in [-0.05, 0) is 48.4 Å². The van der Waals surface area contributed by atoms with Gasteiger partial charge >= 0.3 is 0 Å². The predicted octanol–water partition coefficient (Wildman–Crippen LogP) is 3.50. The molecule has 3 rings (SSSR count). The molecule has 0 aliphatic carbocycles. The van der Waals surface area contributed by atoms with Crippen LogP contribution in [0.25, 0.3) is 6.08 Å². The van der Waals surface area contributed by atoms with Crippen LogP contribution in [0.5, 0.6) is 23.0 Å². The topological polar surface area (TPSA) is 86.3 Å². The van der Waals surface area contributed by atoms with E-state index in [1.54, 1.807) is 48.4 Å². The third kappa shape index (κ3) is 4.91. The second kappa shape index (κ2) is 9.88. The molecule has 0 bridgehead atoms. The van der Waals surface area contributed by atoms with Crippen LogP contribution < -0.4 is 29.2 Å². The molecule has 0 aromatic heterocycles. The molecular formula is C23H26N2O6. The van der Waals surface area contributed by atoms with Crippen molar-refractivity contribution in [3.05, 3.63) is 42.0 Å². The maximum absolute atomic E-state index is 12.5. The Morgan fingerprint density at radius 2 is 1.65 bits per heavy atom. The molecule has 0 atom stereocenters. The van der Waals surface area contributed by atoms with Gasteiger partial charge in [0.2, 0.25) is 17.6 Å². The molecule has 0 unspecified atom stereocenters. The number of carbonyl (C=O) groups is 2. The number of nitrogens with zero attached hydrogens (tertiary/aromatic N) is 1. The maximum atomic E-state index is 12.5. The lowest BCUT2D eigenvalue weighted by Gasteiger charge is -2.20. The first kappa shape index (κ1) is 22.0. The average molecular weight is 426 g/mol. The largest absolute Gasteiger partial charge is 0.495 e. The lowest BCUT2D eigenvalue weighted by atomic mass is 10.1. The van der Waals surface area contributed by atoms with Gasteiger partial charge in [0, 0.05) is 24.7 Å². The number of carbonyl (C=O) groups excluding carboxylic acids is 2. The highest BCUT2D eigenvalue weighted by Crippen LogP contribution is 2.38. The van der Waals surface area contributed by atoms with Crippen molar-refractivity contribution < 1.29 is 28.5 Å². The fraction of sp³-hybridized carbons (Fsp3) is 0.304. The molecule has 0 radical (unpaired) electrons. The third-order valence-electron chi connectivity index (χ3n) is 4.92. The second-order valence-electron chi connectivity index (χ2n) is 6.82. The smallest absolute Gasteiger partial charge is 0.248 e. The van der Waals surface area contributed by atoms with Crippen molar-refractivity contribution in [3.8, 4) is 23.0 Å². The van der Waals surface area contributed by atoms with Gasteiger partial charge in [-0.3, -0.25) is 9.59 Å². The van der Waals surface area contributed by atoms with Crippen molar-refractivity contribution in [2.24, 2.45) is 0 Å². The van der Waals surface area contributed by atoms with Crippen LogP contribution in [0.4, 0.5) is 11.4 Å². The van der Waals surface area contributed by atoms with Crippen LogP contribution in [0.3, 0.4) is 0 Å². The molecule has 1 N–H and O–H groups in total. The highest BCUT2D eigenvalue weighted by molar-refractivity contribution is 6.03. The quantitative estimate of drug-likeness (QED) is 0.651. The Hall–Kier alpha value is -3.68. The van der Waals surface area contributed by atoms with E-state index in [1.165, 1.54) is 27.4 Å². The summed E-state index contributed by atoms with van der Waals surface area (Å²) in [5, 5.41) is 2.82. The van der Waals surface area contributed by atoms with E-state index in [4.69, 9.17) is 18.9 Å². The van der Waals surface area contributed by atoms with Gasteiger partial charge in [0.05, 0.1) is 34.1 Å². The standard InChI is InChI=1S/C23H26N2O6/c1-28-18-9-8-16(14-17(18)25-11-5-6-22(25)27)24-21(26)10-7-15-12-19(29-2)23(31-4)20(13-15)30-3/h7-10,12-14H,5-6,11H2,1-4H3,(H,24,26)/b10-7+. The molecule has 164 valence electrons. The third-order valence-corrected chi connectivity index (χ3v) is 4.92. The molecule has 8 heteroatoms. The van der Waals surface area contributed by atoms with Crippen molar-refractivity contribution in [1.82, 2.24) is 0 Å². The first-order valence-electron chi connectivity index (χ1n) is 9.78. The first-order valence-corrected chi connectivity index (χ1v) is 9.78. The Kier molecular flexibility index (Phi) is 7.02. The number of methoxy groups -OCH3 is 4. The Morgan fingerprint density at radius 3 is 2.19 bits per heavy atom. The number of hydrogen-bond donors (Lipinski definition) is 1. The Bertz CT molecular complexity index is 977. The van der Waals surface area contributed by atoms with Gasteiger partial charge in [-0.25, -0.2) is 0 Å². The zero-order valence-electron chi connectivity index (χ0n) is 18.1. The van der Waals surface area contributed by atoms with Crippen LogP contribution in [0, 0.1) is 0 Å². The number of amides is 2. The van der Waals surface area contributed by atoms with Gasteiger partial charge in [0.25, 0.3) is 0 Å². The molecule has 8 nitrogen and oxygen atoms in total. The van der Waals surface area contributed by atoms with E-state index in [0.717, 1.165) is 6.42 Å². The Balaban J connectivity index is 1.78. The van der Waals surface area contributed by atoms with Crippen LogP contribution >= 0.6 is 0 Å². The predicted molar refractivity (Wildman–Crippen MR) is 118 cm³/mol. The summed E-state index contributed by atoms with van der Waals surface area (Å²) in [4.78, 5) is 26.3. The first-order chi connectivity index (χ1) is 15.0. The summed E-state index contributed by atoms with van der Waals surface area (Å²) in [5.74, 6) is 1.78. The molecule has 31 heavy (non-hydrogen) atoms. The van der Waals surface area contributed by atoms with E-state index in [9.17, 15) is 9.59 Å². The highest BCUT2D eigenvalue weighted by atomic mass is 16.5. The fourth-order valence-corrected chi connectivity index (χ4v) is 3.43. The lowest BCUT2D eigenvalue weighted by molar-refractivity contribution is -0.117. The van der Waals surface area contributed by atoms with E-state index in [0.29, 0.717) is 52.9 Å². The zero-order chi connectivity index (χ0) is 22.4. The molecule has 1 saturated heterocycles. The average Bonchev–Trinajstić information content (AvgIpc) is 3.22. The minimum atomic E-state index is -0.322. The molecule has 1 aliphatic rings. The Morgan fingerprint density at radius 1 is 0.968 bits per heavy atom. The lowest BCUT2D eigenvalue weighted by Crippen LogP contribution is -2.24. The minimum Gasteiger partial charge on any atom is -0.495 e. The molecule has 1 aliphatic heterocycles. The summed E-state index contributed by atoms with van der Waals surface area (Å²) in [6.45, 7) is 0.633. The SMILES string of the molecule is COc1ccc(NC(=O)/C=C/c2cc(OC)c(OC)c(OC)c2)cc1N1CCCC1=O. The molecule has 0 saturated carbocycles. The van der Waals surface area contributed by atoms with Crippen LogP contribution in [0.15, 0.2) is 36.4 Å². The van der Waals surface area contributed by atoms with Gasteiger partial charge in [0.15, 0.2) is 11.5 Å². The molecule has 0 spiro atoms. The Labute approximate surface area is 181 Å². The number of ether oxygens (including phenoxy) is 4. The maximum Gasteiger partial charge on any atom is 0.248 e. The highest BCUT2D eigenvalue weighted by Gasteiger charge is 2.24. The molecular weight excluding hydrogens is 400 g/mol. The van der Waals surface area contributed by atoms with E-state index in [2.05, 4.69) is 5.32 Å². The molecule has 2 aromatic rings. The minimum absolute atomic E-state index is 0.0454. The van der Waals surface area contributed by atoms with E-state index < -0.39 is 0 Å². The van der Waals surface area contributed by atoms with Gasteiger partial charge in [-0.1, -0.05) is 0 Å². The fourth-order valence-electron chi connectivity index (χ4n) is 3.43. The van der Waals surface area contributed by atoms with Crippen molar-refractivity contribution in [2.75, 3.05) is 45.2 Å². The number of hydrogen-bond acceptors (Lipinski definition) is 6. The van der Waals surface area contributed by atoms with E-state index in [1.807, 2.05) is 0 Å². The van der Waals surface area contributed by atoms with Gasteiger partial charge in [-0.15, -0.1) is 0 Å². The summed E-state index contributed by atoms with van der Waals surface area (Å²) in [5.41, 5.74) is 1.93. The number of anilines is 2. The van der Waals surface area contributed by atoms with Gasteiger partial charge in [-0.2, -0.15) is 0 Å². The molecule has 2 aromatic carbocycles. The number of benzene rings is 2. The summed E-state index contributed by atoms with van der Waals surface area (Å²) in [6.07, 6.45) is 4.37. The normalized spacial score (nSPS) is 13.4. The zero-order valence-corrected chi connectivity index (χ0v) is 18.1. The second-order valence-corrected chi connectivity index (χ2v) is 6.82. The summed E-state index contributed by atoms with van der Waals surface area (Å²) < 4.78 is 21.3. The molecule has 1 fully saturated rings. The number of nitrogens with one attached hydrogen (secondary N) is 1. The molecule has 1 heterocycles. The van der Waals surface area contributed by atoms with Crippen molar-refractivity contribution >= 4 is 29.3 Å². The van der Waals surface area contributed by atoms with Crippen LogP contribution in [-0.4, -0.2) is 46.8 Å². The van der Waals surface area contributed by atoms with Crippen LogP contribution in [0.1, 0.15) is 18.4 Å². The van der Waals surface area contributed by atoms with Crippen molar-refractivity contribution in [3.63, 3.8) is 0 Å².